The van der Waals surface area contributed by atoms with E-state index < -0.39 is 11.9 Å². The molecule has 0 atom stereocenters. The summed E-state index contributed by atoms with van der Waals surface area (Å²) in [4.78, 5) is 37.6. The molecule has 0 saturated carbocycles. The van der Waals surface area contributed by atoms with Crippen molar-refractivity contribution in [2.75, 3.05) is 19.2 Å². The van der Waals surface area contributed by atoms with E-state index in [1.807, 2.05) is 30.3 Å². The molecule has 5 rings (SSSR count). The fraction of sp³-hybridized carbons (Fsp3) is 0.0625. The number of methoxy groups -OCH3 is 1. The highest BCUT2D eigenvalue weighted by molar-refractivity contribution is 6.05. The summed E-state index contributed by atoms with van der Waals surface area (Å²) in [6, 6.07) is 25.6. The molecule has 0 radical (unpaired) electrons. The number of esters is 1. The molecule has 10 heteroatoms. The molecule has 4 aromatic carbocycles. The molecule has 0 unspecified atom stereocenters. The monoisotopic (exact) mass is 563 g/mol. The minimum Gasteiger partial charge on any atom is -0.493 e. The zero-order chi connectivity index (χ0) is 29.3. The SMILES string of the molecule is COc1cc(C=NNC(=O)c2cccc(NC(=O)c3ccc4c(c3)OCO4)c2)ccc1OC(=O)/C=C/c1ccccc1. The predicted octanol–water partition coefficient (Wildman–Crippen LogP) is 5.06. The summed E-state index contributed by atoms with van der Waals surface area (Å²) in [6.45, 7) is 0.113. The highest BCUT2D eigenvalue weighted by Crippen LogP contribution is 2.32. The third-order valence-corrected chi connectivity index (χ3v) is 6.01. The number of benzene rings is 4. The number of hydrazone groups is 1. The van der Waals surface area contributed by atoms with E-state index in [0.29, 0.717) is 39.6 Å². The molecule has 4 aromatic rings. The van der Waals surface area contributed by atoms with Crippen LogP contribution in [-0.2, 0) is 4.79 Å². The number of fused-ring (bicyclic) bond motifs is 1. The van der Waals surface area contributed by atoms with Crippen LogP contribution in [0.1, 0.15) is 31.8 Å². The number of ether oxygens (including phenoxy) is 4. The van der Waals surface area contributed by atoms with Gasteiger partial charge in [-0.15, -0.1) is 0 Å². The number of nitrogens with one attached hydrogen (secondary N) is 2. The molecule has 0 fully saturated rings. The number of carbonyl (C=O) groups is 3. The van der Waals surface area contributed by atoms with Crippen LogP contribution in [-0.4, -0.2) is 37.9 Å². The molecule has 0 aromatic heterocycles. The van der Waals surface area contributed by atoms with Gasteiger partial charge in [0.2, 0.25) is 6.79 Å². The fourth-order valence-electron chi connectivity index (χ4n) is 3.93. The van der Waals surface area contributed by atoms with Crippen molar-refractivity contribution in [1.29, 1.82) is 0 Å². The van der Waals surface area contributed by atoms with Gasteiger partial charge in [0.05, 0.1) is 13.3 Å². The van der Waals surface area contributed by atoms with Gasteiger partial charge < -0.3 is 24.3 Å². The summed E-state index contributed by atoms with van der Waals surface area (Å²) in [5.41, 5.74) is 5.03. The molecular formula is C32H25N3O7. The quantitative estimate of drug-likeness (QED) is 0.0959. The summed E-state index contributed by atoms with van der Waals surface area (Å²) < 4.78 is 21.3. The van der Waals surface area contributed by atoms with E-state index in [9.17, 15) is 14.4 Å². The zero-order valence-electron chi connectivity index (χ0n) is 22.4. The molecule has 2 amide bonds. The van der Waals surface area contributed by atoms with Gasteiger partial charge >= 0.3 is 5.97 Å². The molecule has 0 saturated heterocycles. The van der Waals surface area contributed by atoms with Crippen molar-refractivity contribution in [1.82, 2.24) is 5.43 Å². The standard InChI is InChI=1S/C32H25N3O7/c1-39-28-16-22(10-13-27(28)42-30(36)15-11-21-6-3-2-4-7-21)19-33-35-32(38)23-8-5-9-25(17-23)34-31(37)24-12-14-26-29(18-24)41-20-40-26/h2-19H,20H2,1H3,(H,34,37)(H,35,38)/b15-11+,33-19?. The Morgan fingerprint density at radius 2 is 1.60 bits per heavy atom. The summed E-state index contributed by atoms with van der Waals surface area (Å²) in [6.07, 6.45) is 4.41. The highest BCUT2D eigenvalue weighted by atomic mass is 16.7. The maximum Gasteiger partial charge on any atom is 0.336 e. The number of carbonyl (C=O) groups excluding carboxylic acids is 3. The van der Waals surface area contributed by atoms with Gasteiger partial charge in [0.25, 0.3) is 11.8 Å². The number of nitrogens with zero attached hydrogens (tertiary/aromatic N) is 1. The van der Waals surface area contributed by atoms with Crippen LogP contribution in [0.15, 0.2) is 102 Å². The number of hydrogen-bond acceptors (Lipinski definition) is 8. The van der Waals surface area contributed by atoms with Crippen molar-refractivity contribution in [3.8, 4) is 23.0 Å². The van der Waals surface area contributed by atoms with E-state index in [2.05, 4.69) is 15.8 Å². The lowest BCUT2D eigenvalue weighted by molar-refractivity contribution is -0.129. The Morgan fingerprint density at radius 1 is 0.786 bits per heavy atom. The maximum absolute atomic E-state index is 12.7. The lowest BCUT2D eigenvalue weighted by Crippen LogP contribution is -2.18. The van der Waals surface area contributed by atoms with Gasteiger partial charge in [-0.1, -0.05) is 36.4 Å². The Bertz CT molecular complexity index is 1680. The third kappa shape index (κ3) is 6.99. The zero-order valence-corrected chi connectivity index (χ0v) is 22.4. The van der Waals surface area contributed by atoms with E-state index in [1.54, 1.807) is 60.7 Å². The Morgan fingerprint density at radius 3 is 2.43 bits per heavy atom. The van der Waals surface area contributed by atoms with Crippen LogP contribution in [0, 0.1) is 0 Å². The molecular weight excluding hydrogens is 538 g/mol. The number of amides is 2. The van der Waals surface area contributed by atoms with Crippen LogP contribution < -0.4 is 29.7 Å². The Hall–Kier alpha value is -5.90. The van der Waals surface area contributed by atoms with Crippen molar-refractivity contribution in [3.05, 3.63) is 119 Å². The maximum atomic E-state index is 12.7. The second kappa shape index (κ2) is 13.0. The second-order valence-corrected chi connectivity index (χ2v) is 8.88. The summed E-state index contributed by atoms with van der Waals surface area (Å²) in [5, 5.41) is 6.77. The predicted molar refractivity (Wildman–Crippen MR) is 156 cm³/mol. The van der Waals surface area contributed by atoms with Crippen molar-refractivity contribution < 1.29 is 33.3 Å². The number of anilines is 1. The van der Waals surface area contributed by atoms with Gasteiger partial charge in [-0.05, 0) is 71.8 Å². The van der Waals surface area contributed by atoms with Gasteiger partial charge in [-0.2, -0.15) is 5.10 Å². The minimum atomic E-state index is -0.555. The Balaban J connectivity index is 1.17. The summed E-state index contributed by atoms with van der Waals surface area (Å²) in [7, 11) is 1.45. The van der Waals surface area contributed by atoms with E-state index in [0.717, 1.165) is 5.56 Å². The average molecular weight is 564 g/mol. The number of rotatable bonds is 9. The van der Waals surface area contributed by atoms with Crippen molar-refractivity contribution in [2.45, 2.75) is 0 Å². The molecule has 42 heavy (non-hydrogen) atoms. The molecule has 0 bridgehead atoms. The van der Waals surface area contributed by atoms with Crippen molar-refractivity contribution in [2.24, 2.45) is 5.10 Å². The van der Waals surface area contributed by atoms with E-state index in [4.69, 9.17) is 18.9 Å². The largest absolute Gasteiger partial charge is 0.493 e. The van der Waals surface area contributed by atoms with Gasteiger partial charge in [-0.25, -0.2) is 10.2 Å². The summed E-state index contributed by atoms with van der Waals surface area (Å²) >= 11 is 0. The van der Waals surface area contributed by atoms with Crippen LogP contribution in [0.4, 0.5) is 5.69 Å². The fourth-order valence-corrected chi connectivity index (χ4v) is 3.93. The molecule has 10 nitrogen and oxygen atoms in total. The first-order chi connectivity index (χ1) is 20.5. The van der Waals surface area contributed by atoms with Gasteiger partial charge in [0.1, 0.15) is 0 Å². The highest BCUT2D eigenvalue weighted by Gasteiger charge is 2.17. The van der Waals surface area contributed by atoms with Crippen molar-refractivity contribution in [3.63, 3.8) is 0 Å². The minimum absolute atomic E-state index is 0.113. The molecule has 0 aliphatic carbocycles. The van der Waals surface area contributed by atoms with Gasteiger partial charge in [-0.3, -0.25) is 9.59 Å². The first-order valence-electron chi connectivity index (χ1n) is 12.8. The van der Waals surface area contributed by atoms with Crippen molar-refractivity contribution >= 4 is 35.8 Å². The van der Waals surface area contributed by atoms with Crippen LogP contribution in [0.2, 0.25) is 0 Å². The normalized spacial score (nSPS) is 11.8. The lowest BCUT2D eigenvalue weighted by Gasteiger charge is -2.09. The van der Waals surface area contributed by atoms with Crippen LogP contribution in [0.25, 0.3) is 6.08 Å². The average Bonchev–Trinajstić information content (AvgIpc) is 3.49. The Labute approximate surface area is 241 Å². The van der Waals surface area contributed by atoms with Crippen LogP contribution >= 0.6 is 0 Å². The second-order valence-electron chi connectivity index (χ2n) is 8.88. The molecule has 210 valence electrons. The number of hydrogen-bond donors (Lipinski definition) is 2. The van der Waals surface area contributed by atoms with Crippen LogP contribution in [0.5, 0.6) is 23.0 Å². The van der Waals surface area contributed by atoms with E-state index in [1.165, 1.54) is 25.5 Å². The van der Waals surface area contributed by atoms with Gasteiger partial charge in [0, 0.05) is 22.9 Å². The molecule has 1 aliphatic heterocycles. The smallest absolute Gasteiger partial charge is 0.336 e. The molecule has 1 aliphatic rings. The first-order valence-corrected chi connectivity index (χ1v) is 12.8. The molecule has 1 heterocycles. The van der Waals surface area contributed by atoms with Gasteiger partial charge in [0.15, 0.2) is 23.0 Å². The molecule has 0 spiro atoms. The third-order valence-electron chi connectivity index (χ3n) is 6.01. The molecule has 2 N–H and O–H groups in total. The first kappa shape index (κ1) is 27.7. The lowest BCUT2D eigenvalue weighted by atomic mass is 10.1. The van der Waals surface area contributed by atoms with Crippen LogP contribution in [0.3, 0.4) is 0 Å². The topological polar surface area (TPSA) is 125 Å². The summed E-state index contributed by atoms with van der Waals surface area (Å²) in [5.74, 6) is 0.236. The van der Waals surface area contributed by atoms with E-state index in [-0.39, 0.29) is 18.4 Å². The Kier molecular flexibility index (Phi) is 8.54. The van der Waals surface area contributed by atoms with E-state index >= 15 is 0 Å².